The molecule has 0 radical (unpaired) electrons. The Kier molecular flexibility index (Phi) is 5.14. The first-order chi connectivity index (χ1) is 13.7. The molecule has 1 amide bonds. The van der Waals surface area contributed by atoms with Crippen molar-refractivity contribution in [3.8, 4) is 0 Å². The Labute approximate surface area is 170 Å². The molecule has 4 rings (SSSR count). The van der Waals surface area contributed by atoms with Crippen molar-refractivity contribution in [3.63, 3.8) is 0 Å². The highest BCUT2D eigenvalue weighted by Crippen LogP contribution is 2.62. The molecule has 9 nitrogen and oxygen atoms in total. The molecule has 3 fully saturated rings. The molecule has 2 aliphatic carbocycles. The Morgan fingerprint density at radius 1 is 1.34 bits per heavy atom. The van der Waals surface area contributed by atoms with E-state index in [4.69, 9.17) is 4.74 Å². The molecule has 1 aromatic rings. The van der Waals surface area contributed by atoms with Gasteiger partial charge in [0.2, 0.25) is 0 Å². The van der Waals surface area contributed by atoms with Crippen molar-refractivity contribution in [1.82, 2.24) is 20.0 Å². The summed E-state index contributed by atoms with van der Waals surface area (Å²) in [6, 6.07) is 1.36. The molecule has 3 atom stereocenters. The highest BCUT2D eigenvalue weighted by molar-refractivity contribution is 5.93. The molecule has 2 saturated carbocycles. The topological polar surface area (TPSA) is 103 Å². The molecule has 1 aromatic heterocycles. The molecule has 0 spiro atoms. The number of rotatable bonds is 6. The van der Waals surface area contributed by atoms with Crippen LogP contribution in [0.2, 0.25) is 0 Å². The summed E-state index contributed by atoms with van der Waals surface area (Å²) in [6.45, 7) is 10.8. The minimum absolute atomic E-state index is 0.0211. The quantitative estimate of drug-likeness (QED) is 0.574. The third-order valence-corrected chi connectivity index (χ3v) is 7.46. The van der Waals surface area contributed by atoms with Gasteiger partial charge >= 0.3 is 5.82 Å². The van der Waals surface area contributed by atoms with Crippen molar-refractivity contribution in [1.29, 1.82) is 0 Å². The zero-order valence-electron chi connectivity index (χ0n) is 17.5. The lowest BCUT2D eigenvalue weighted by atomic mass is 9.68. The Balaban J connectivity index is 1.52. The average Bonchev–Trinajstić information content (AvgIpc) is 3.33. The SMILES string of the molecule is CC1(C)C2CC[C@@](C)(C2)[C@@H]1NC(=O)c1cc([N+](=O)[O-])nn1CCN1CCOCC1. The highest BCUT2D eigenvalue weighted by atomic mass is 16.6. The van der Waals surface area contributed by atoms with Crippen LogP contribution in [0, 0.1) is 26.9 Å². The lowest BCUT2D eigenvalue weighted by molar-refractivity contribution is -0.389. The van der Waals surface area contributed by atoms with Gasteiger partial charge in [0, 0.05) is 25.7 Å². The zero-order chi connectivity index (χ0) is 20.8. The van der Waals surface area contributed by atoms with Crippen LogP contribution in [0.1, 0.15) is 50.5 Å². The first kappa shape index (κ1) is 20.3. The number of ether oxygens (including phenoxy) is 1. The van der Waals surface area contributed by atoms with E-state index in [9.17, 15) is 14.9 Å². The molecular formula is C20H31N5O4. The minimum Gasteiger partial charge on any atom is -0.379 e. The van der Waals surface area contributed by atoms with E-state index < -0.39 is 4.92 Å². The van der Waals surface area contributed by atoms with Crippen molar-refractivity contribution in [2.24, 2.45) is 16.7 Å². The summed E-state index contributed by atoms with van der Waals surface area (Å²) in [7, 11) is 0. The van der Waals surface area contributed by atoms with E-state index in [0.29, 0.717) is 32.2 Å². The highest BCUT2D eigenvalue weighted by Gasteiger charge is 2.59. The normalized spacial score (nSPS) is 31.1. The summed E-state index contributed by atoms with van der Waals surface area (Å²) in [5, 5.41) is 18.6. The molecule has 0 aromatic carbocycles. The summed E-state index contributed by atoms with van der Waals surface area (Å²) in [5.41, 5.74) is 0.383. The number of carbonyl (C=O) groups excluding carboxylic acids is 1. The van der Waals surface area contributed by atoms with E-state index >= 15 is 0 Å². The third-order valence-electron chi connectivity index (χ3n) is 7.46. The van der Waals surface area contributed by atoms with Gasteiger partial charge in [-0.2, -0.15) is 4.68 Å². The number of nitro groups is 1. The Morgan fingerprint density at radius 2 is 2.07 bits per heavy atom. The van der Waals surface area contributed by atoms with Crippen LogP contribution in [-0.4, -0.2) is 64.4 Å². The predicted molar refractivity (Wildman–Crippen MR) is 107 cm³/mol. The van der Waals surface area contributed by atoms with Gasteiger partial charge in [-0.25, -0.2) is 0 Å². The Hall–Kier alpha value is -2.00. The molecule has 2 bridgehead atoms. The van der Waals surface area contributed by atoms with Gasteiger partial charge in [-0.15, -0.1) is 0 Å². The van der Waals surface area contributed by atoms with Crippen LogP contribution in [0.3, 0.4) is 0 Å². The summed E-state index contributed by atoms with van der Waals surface area (Å²) >= 11 is 0. The molecule has 29 heavy (non-hydrogen) atoms. The van der Waals surface area contributed by atoms with Gasteiger partial charge in [-0.05, 0) is 40.9 Å². The van der Waals surface area contributed by atoms with E-state index in [1.165, 1.54) is 17.2 Å². The van der Waals surface area contributed by atoms with Gasteiger partial charge in [-0.1, -0.05) is 20.8 Å². The van der Waals surface area contributed by atoms with Crippen LogP contribution in [0.4, 0.5) is 5.82 Å². The van der Waals surface area contributed by atoms with Crippen LogP contribution >= 0.6 is 0 Å². The summed E-state index contributed by atoms with van der Waals surface area (Å²) in [6.07, 6.45) is 3.45. The third kappa shape index (κ3) is 3.66. The first-order valence-electron chi connectivity index (χ1n) is 10.5. The number of hydrogen-bond donors (Lipinski definition) is 1. The maximum absolute atomic E-state index is 13.2. The van der Waals surface area contributed by atoms with Crippen molar-refractivity contribution in [2.75, 3.05) is 32.8 Å². The molecule has 1 unspecified atom stereocenters. The Bertz CT molecular complexity index is 796. The van der Waals surface area contributed by atoms with E-state index in [0.717, 1.165) is 25.9 Å². The second kappa shape index (κ2) is 7.36. The van der Waals surface area contributed by atoms with Gasteiger partial charge < -0.3 is 20.2 Å². The van der Waals surface area contributed by atoms with Crippen LogP contribution in [-0.2, 0) is 11.3 Å². The summed E-state index contributed by atoms with van der Waals surface area (Å²) < 4.78 is 6.85. The lowest BCUT2D eigenvalue weighted by Gasteiger charge is -2.43. The van der Waals surface area contributed by atoms with E-state index in [1.807, 2.05) is 0 Å². The van der Waals surface area contributed by atoms with Crippen LogP contribution in [0.25, 0.3) is 0 Å². The van der Waals surface area contributed by atoms with E-state index in [-0.39, 0.29) is 34.3 Å². The van der Waals surface area contributed by atoms with Gasteiger partial charge in [0.25, 0.3) is 5.91 Å². The summed E-state index contributed by atoms with van der Waals surface area (Å²) in [4.78, 5) is 26.1. The number of morpholine rings is 1. The van der Waals surface area contributed by atoms with Crippen LogP contribution in [0.15, 0.2) is 6.07 Å². The average molecular weight is 405 g/mol. The van der Waals surface area contributed by atoms with Crippen LogP contribution < -0.4 is 5.32 Å². The van der Waals surface area contributed by atoms with Crippen molar-refractivity contribution < 1.29 is 14.5 Å². The predicted octanol–water partition coefficient (Wildman–Crippen LogP) is 2.07. The molecular weight excluding hydrogens is 374 g/mol. The number of nitrogens with one attached hydrogen (secondary N) is 1. The van der Waals surface area contributed by atoms with Gasteiger partial charge in [0.15, 0.2) is 5.69 Å². The molecule has 1 N–H and O–H groups in total. The smallest absolute Gasteiger partial charge is 0.379 e. The maximum atomic E-state index is 13.2. The molecule has 1 saturated heterocycles. The number of nitrogens with zero attached hydrogens (tertiary/aromatic N) is 4. The standard InChI is InChI=1S/C20H31N5O4/c1-19(2)14-4-5-20(3,13-14)18(19)21-17(26)15-12-16(25(27)28)22-24(15)7-6-23-8-10-29-11-9-23/h12,14,18H,4-11,13H2,1-3H3,(H,21,26)/t14?,18-,20+/m1/s1. The number of aromatic nitrogens is 2. The van der Waals surface area contributed by atoms with Crippen molar-refractivity contribution in [2.45, 2.75) is 52.6 Å². The van der Waals surface area contributed by atoms with Crippen molar-refractivity contribution in [3.05, 3.63) is 21.9 Å². The maximum Gasteiger partial charge on any atom is 0.390 e. The van der Waals surface area contributed by atoms with Gasteiger partial charge in [0.1, 0.15) is 0 Å². The molecule has 3 aliphatic rings. The van der Waals surface area contributed by atoms with Crippen molar-refractivity contribution >= 4 is 11.7 Å². The van der Waals surface area contributed by atoms with Gasteiger partial charge in [-0.3, -0.25) is 9.69 Å². The molecule has 1 aliphatic heterocycles. The zero-order valence-corrected chi connectivity index (χ0v) is 17.5. The van der Waals surface area contributed by atoms with E-state index in [1.54, 1.807) is 0 Å². The first-order valence-corrected chi connectivity index (χ1v) is 10.5. The lowest BCUT2D eigenvalue weighted by Crippen LogP contribution is -2.52. The fraction of sp³-hybridized carbons (Fsp3) is 0.800. The summed E-state index contributed by atoms with van der Waals surface area (Å²) in [5.74, 6) is 0.0633. The van der Waals surface area contributed by atoms with Gasteiger partial charge in [0.05, 0.1) is 30.9 Å². The second-order valence-electron chi connectivity index (χ2n) is 9.64. The molecule has 2 heterocycles. The minimum atomic E-state index is -0.537. The Morgan fingerprint density at radius 3 is 2.69 bits per heavy atom. The van der Waals surface area contributed by atoms with E-state index in [2.05, 4.69) is 36.1 Å². The number of amides is 1. The number of carbonyl (C=O) groups is 1. The monoisotopic (exact) mass is 405 g/mol. The largest absolute Gasteiger partial charge is 0.390 e. The van der Waals surface area contributed by atoms with Crippen LogP contribution in [0.5, 0.6) is 0 Å². The fourth-order valence-corrected chi connectivity index (χ4v) is 5.77. The number of hydrogen-bond acceptors (Lipinski definition) is 6. The molecule has 9 heteroatoms. The second-order valence-corrected chi connectivity index (χ2v) is 9.64. The molecule has 160 valence electrons. The number of fused-ring (bicyclic) bond motifs is 2. The fourth-order valence-electron chi connectivity index (χ4n) is 5.77.